The number of anilines is 1. The van der Waals surface area contributed by atoms with Gasteiger partial charge in [0.15, 0.2) is 5.82 Å². The summed E-state index contributed by atoms with van der Waals surface area (Å²) in [5, 5.41) is 0. The zero-order valence-electron chi connectivity index (χ0n) is 10.8. The van der Waals surface area contributed by atoms with E-state index < -0.39 is 50.1 Å². The minimum atomic E-state index is -4.46. The van der Waals surface area contributed by atoms with Crippen LogP contribution in [0.5, 0.6) is 0 Å². The van der Waals surface area contributed by atoms with Crippen molar-refractivity contribution in [2.24, 2.45) is 0 Å². The van der Waals surface area contributed by atoms with Gasteiger partial charge in [-0.15, -0.1) is 0 Å². The largest absolute Gasteiger partial charge is 0.394 e. The molecule has 3 N–H and O–H groups in total. The second-order valence-corrected chi connectivity index (χ2v) is 6.12. The van der Waals surface area contributed by atoms with Gasteiger partial charge in [0.1, 0.15) is 22.4 Å². The number of nitrogen functional groups attached to an aromatic ring is 1. The van der Waals surface area contributed by atoms with Crippen LogP contribution in [0.1, 0.15) is 6.42 Å². The minimum Gasteiger partial charge on any atom is -0.394 e. The fourth-order valence-corrected chi connectivity index (χ4v) is 3.13. The molecule has 2 rings (SSSR count). The number of nitrogens with one attached hydrogen (secondary N) is 1. The summed E-state index contributed by atoms with van der Waals surface area (Å²) in [5.41, 5.74) is 4.15. The Morgan fingerprint density at radius 2 is 1.95 bits per heavy atom. The summed E-state index contributed by atoms with van der Waals surface area (Å²) < 4.78 is 52.7. The number of likely N-dealkylation sites (N-methyl/N-ethyl adjacent to an activating group) is 1. The number of likely N-dealkylation sites (tertiary alicyclic amines) is 1. The lowest BCUT2D eigenvalue weighted by molar-refractivity contribution is -0.137. The van der Waals surface area contributed by atoms with Crippen LogP contribution in [-0.2, 0) is 19.6 Å². The molecule has 0 radical (unpaired) electrons. The first-order valence-corrected chi connectivity index (χ1v) is 7.19. The van der Waals surface area contributed by atoms with Crippen molar-refractivity contribution in [2.75, 3.05) is 12.8 Å². The summed E-state index contributed by atoms with van der Waals surface area (Å²) in [4.78, 5) is 22.8. The van der Waals surface area contributed by atoms with Crippen molar-refractivity contribution in [3.8, 4) is 0 Å². The molecule has 114 valence electrons. The van der Waals surface area contributed by atoms with Gasteiger partial charge in [-0.1, -0.05) is 0 Å². The van der Waals surface area contributed by atoms with E-state index in [1.807, 2.05) is 4.72 Å². The number of carbonyl (C=O) groups excluding carboxylic acids is 2. The molecule has 1 heterocycles. The highest BCUT2D eigenvalue weighted by molar-refractivity contribution is 7.89. The van der Waals surface area contributed by atoms with Gasteiger partial charge in [-0.3, -0.25) is 14.5 Å². The minimum absolute atomic E-state index is 0.368. The summed E-state index contributed by atoms with van der Waals surface area (Å²) in [7, 11) is -3.26. The van der Waals surface area contributed by atoms with Gasteiger partial charge in [0.05, 0.1) is 6.42 Å². The zero-order chi connectivity index (χ0) is 15.9. The van der Waals surface area contributed by atoms with Gasteiger partial charge in [-0.2, -0.15) is 4.72 Å². The summed E-state index contributed by atoms with van der Waals surface area (Å²) in [6.07, 6.45) is -0.368. The molecule has 21 heavy (non-hydrogen) atoms. The normalized spacial score (nSPS) is 19.4. The van der Waals surface area contributed by atoms with Crippen LogP contribution in [-0.4, -0.2) is 38.2 Å². The molecule has 1 saturated heterocycles. The third-order valence-electron chi connectivity index (χ3n) is 3.06. The van der Waals surface area contributed by atoms with Crippen LogP contribution in [0.15, 0.2) is 17.0 Å². The van der Waals surface area contributed by atoms with Crippen molar-refractivity contribution in [1.29, 1.82) is 0 Å². The fraction of sp³-hybridized carbons (Fsp3) is 0.273. The topological polar surface area (TPSA) is 110 Å². The molecular weight excluding hydrogens is 308 g/mol. The maximum absolute atomic E-state index is 13.7. The first-order chi connectivity index (χ1) is 9.65. The van der Waals surface area contributed by atoms with Crippen molar-refractivity contribution >= 4 is 27.5 Å². The second-order valence-electron chi connectivity index (χ2n) is 4.44. The average Bonchev–Trinajstić information content (AvgIpc) is 2.63. The Balaban J connectivity index is 2.34. The zero-order valence-corrected chi connectivity index (χ0v) is 11.6. The maximum atomic E-state index is 13.7. The third kappa shape index (κ3) is 2.59. The second kappa shape index (κ2) is 5.04. The van der Waals surface area contributed by atoms with Gasteiger partial charge < -0.3 is 5.73 Å². The molecule has 0 aromatic heterocycles. The summed E-state index contributed by atoms with van der Waals surface area (Å²) >= 11 is 0. The van der Waals surface area contributed by atoms with Crippen molar-refractivity contribution in [1.82, 2.24) is 9.62 Å². The van der Waals surface area contributed by atoms with E-state index in [1.165, 1.54) is 7.05 Å². The molecule has 10 heteroatoms. The highest BCUT2D eigenvalue weighted by Crippen LogP contribution is 2.23. The standard InChI is InChI=1S/C11H11F2N3O4S/c1-16-8(17)4-6(11(16)18)15-21(19,20)7-3-2-5(12)10(14)9(7)13/h2-3,6,15H,4,14H2,1H3. The van der Waals surface area contributed by atoms with Crippen molar-refractivity contribution in [2.45, 2.75) is 17.4 Å². The molecule has 0 bridgehead atoms. The highest BCUT2D eigenvalue weighted by Gasteiger charge is 2.39. The Labute approximate surface area is 118 Å². The van der Waals surface area contributed by atoms with Gasteiger partial charge in [-0.05, 0) is 12.1 Å². The van der Waals surface area contributed by atoms with Crippen molar-refractivity contribution in [3.05, 3.63) is 23.8 Å². The number of imide groups is 1. The molecule has 0 spiro atoms. The average molecular weight is 319 g/mol. The number of nitrogens with zero attached hydrogens (tertiary/aromatic N) is 1. The van der Waals surface area contributed by atoms with Crippen LogP contribution in [0.25, 0.3) is 0 Å². The molecule has 2 amide bonds. The number of carbonyl (C=O) groups is 2. The molecule has 0 saturated carbocycles. The molecule has 0 aliphatic carbocycles. The summed E-state index contributed by atoms with van der Waals surface area (Å²) in [6.45, 7) is 0. The van der Waals surface area contributed by atoms with E-state index in [0.29, 0.717) is 12.1 Å². The number of halogens is 2. The smallest absolute Gasteiger partial charge is 0.247 e. The van der Waals surface area contributed by atoms with Gasteiger partial charge >= 0.3 is 0 Å². The fourth-order valence-electron chi connectivity index (χ4n) is 1.86. The van der Waals surface area contributed by atoms with E-state index in [1.54, 1.807) is 0 Å². The lowest BCUT2D eigenvalue weighted by Crippen LogP contribution is -2.40. The Morgan fingerprint density at radius 1 is 1.33 bits per heavy atom. The molecule has 1 atom stereocenters. The van der Waals surface area contributed by atoms with Crippen LogP contribution >= 0.6 is 0 Å². The summed E-state index contributed by atoms with van der Waals surface area (Å²) in [5.74, 6) is -3.86. The van der Waals surface area contributed by atoms with Crippen molar-refractivity contribution in [3.63, 3.8) is 0 Å². The van der Waals surface area contributed by atoms with E-state index in [0.717, 1.165) is 4.90 Å². The van der Waals surface area contributed by atoms with Gasteiger partial charge in [-0.25, -0.2) is 17.2 Å². The Hall–Kier alpha value is -2.07. The van der Waals surface area contributed by atoms with Crippen LogP contribution in [0, 0.1) is 11.6 Å². The van der Waals surface area contributed by atoms with E-state index >= 15 is 0 Å². The lowest BCUT2D eigenvalue weighted by Gasteiger charge is -2.13. The Bertz CT molecular complexity index is 735. The molecular formula is C11H11F2N3O4S. The lowest BCUT2D eigenvalue weighted by atomic mass is 10.3. The number of nitrogens with two attached hydrogens (primary N) is 1. The molecule has 1 fully saturated rings. The SMILES string of the molecule is CN1C(=O)CC(NS(=O)(=O)c2ccc(F)c(N)c2F)C1=O. The quantitative estimate of drug-likeness (QED) is 0.581. The molecule has 1 aromatic carbocycles. The number of sulfonamides is 1. The van der Waals surface area contributed by atoms with E-state index in [-0.39, 0.29) is 6.42 Å². The van der Waals surface area contributed by atoms with E-state index in [9.17, 15) is 26.8 Å². The third-order valence-corrected chi connectivity index (χ3v) is 4.55. The van der Waals surface area contributed by atoms with E-state index in [2.05, 4.69) is 0 Å². The molecule has 7 nitrogen and oxygen atoms in total. The van der Waals surface area contributed by atoms with Gasteiger partial charge in [0.25, 0.3) is 0 Å². The monoisotopic (exact) mass is 319 g/mol. The van der Waals surface area contributed by atoms with Gasteiger partial charge in [0, 0.05) is 7.05 Å². The van der Waals surface area contributed by atoms with Crippen molar-refractivity contribution < 1.29 is 26.8 Å². The number of hydrogen-bond acceptors (Lipinski definition) is 5. The van der Waals surface area contributed by atoms with Gasteiger partial charge in [0.2, 0.25) is 21.8 Å². The number of hydrogen-bond donors (Lipinski definition) is 2. The molecule has 1 unspecified atom stereocenters. The number of amides is 2. The maximum Gasteiger partial charge on any atom is 0.247 e. The Morgan fingerprint density at radius 3 is 2.48 bits per heavy atom. The Kier molecular flexibility index (Phi) is 3.68. The van der Waals surface area contributed by atoms with Crippen LogP contribution in [0.3, 0.4) is 0 Å². The van der Waals surface area contributed by atoms with Crippen LogP contribution in [0.2, 0.25) is 0 Å². The highest BCUT2D eigenvalue weighted by atomic mass is 32.2. The molecule has 1 aromatic rings. The molecule has 1 aliphatic rings. The summed E-state index contributed by atoms with van der Waals surface area (Å²) in [6, 6.07) is 0.0628. The first kappa shape index (κ1) is 15.3. The predicted octanol–water partition coefficient (Wildman–Crippen LogP) is -0.417. The first-order valence-electron chi connectivity index (χ1n) is 5.71. The molecule has 1 aliphatic heterocycles. The number of benzene rings is 1. The van der Waals surface area contributed by atoms with Crippen LogP contribution in [0.4, 0.5) is 14.5 Å². The van der Waals surface area contributed by atoms with Crippen LogP contribution < -0.4 is 10.5 Å². The predicted molar refractivity (Wildman–Crippen MR) is 67.3 cm³/mol. The number of rotatable bonds is 3. The van der Waals surface area contributed by atoms with E-state index in [4.69, 9.17) is 5.73 Å².